The maximum Gasteiger partial charge on any atom is 0.292 e. The van der Waals surface area contributed by atoms with E-state index in [1.165, 1.54) is 12.3 Å². The van der Waals surface area contributed by atoms with Gasteiger partial charge in [0.2, 0.25) is 0 Å². The number of para-hydroxylation sites is 1. The van der Waals surface area contributed by atoms with Crippen LogP contribution in [0.15, 0.2) is 29.4 Å². The van der Waals surface area contributed by atoms with Crippen molar-refractivity contribution < 1.29 is 9.72 Å². The SMILES string of the molecule is O=C(NN=Cc1ccccc1[N+](=O)[O-])c1n[nH]c2c1CCCC2. The number of hydrogen-bond acceptors (Lipinski definition) is 5. The van der Waals surface area contributed by atoms with Gasteiger partial charge >= 0.3 is 0 Å². The largest absolute Gasteiger partial charge is 0.292 e. The highest BCUT2D eigenvalue weighted by molar-refractivity contribution is 5.95. The van der Waals surface area contributed by atoms with Crippen LogP contribution in [0.5, 0.6) is 0 Å². The Morgan fingerprint density at radius 1 is 1.35 bits per heavy atom. The second-order valence-corrected chi connectivity index (χ2v) is 5.25. The number of carbonyl (C=O) groups is 1. The summed E-state index contributed by atoms with van der Waals surface area (Å²) >= 11 is 0. The zero-order chi connectivity index (χ0) is 16.2. The standard InChI is InChI=1S/C15H15N5O3/c21-15(14-11-6-2-3-7-12(11)17-18-14)19-16-9-10-5-1-4-8-13(10)20(22)23/h1,4-5,8-9H,2-3,6-7H2,(H,17,18)(H,19,21). The summed E-state index contributed by atoms with van der Waals surface area (Å²) < 4.78 is 0. The Kier molecular flexibility index (Phi) is 4.13. The summed E-state index contributed by atoms with van der Waals surface area (Å²) in [6.45, 7) is 0. The summed E-state index contributed by atoms with van der Waals surface area (Å²) in [7, 11) is 0. The third-order valence-electron chi connectivity index (χ3n) is 3.77. The molecule has 1 aromatic heterocycles. The highest BCUT2D eigenvalue weighted by Gasteiger charge is 2.21. The number of carbonyl (C=O) groups excluding carboxylic acids is 1. The first kappa shape index (κ1) is 14.9. The van der Waals surface area contributed by atoms with Gasteiger partial charge in [-0.25, -0.2) is 5.43 Å². The normalized spacial score (nSPS) is 13.7. The van der Waals surface area contributed by atoms with Crippen molar-refractivity contribution in [2.24, 2.45) is 5.10 Å². The van der Waals surface area contributed by atoms with Crippen molar-refractivity contribution in [3.63, 3.8) is 0 Å². The van der Waals surface area contributed by atoms with Crippen LogP contribution in [0.2, 0.25) is 0 Å². The van der Waals surface area contributed by atoms with E-state index in [0.29, 0.717) is 11.3 Å². The maximum absolute atomic E-state index is 12.1. The number of hydrogen-bond donors (Lipinski definition) is 2. The van der Waals surface area contributed by atoms with Gasteiger partial charge in [0.05, 0.1) is 16.7 Å². The molecule has 23 heavy (non-hydrogen) atoms. The molecule has 0 aliphatic heterocycles. The van der Waals surface area contributed by atoms with Crippen LogP contribution in [-0.2, 0) is 12.8 Å². The zero-order valence-electron chi connectivity index (χ0n) is 12.3. The number of amides is 1. The van der Waals surface area contributed by atoms with Crippen molar-refractivity contribution >= 4 is 17.8 Å². The molecule has 118 valence electrons. The number of nitro groups is 1. The van der Waals surface area contributed by atoms with Crippen molar-refractivity contribution in [3.05, 3.63) is 56.9 Å². The molecule has 1 aliphatic rings. The third-order valence-corrected chi connectivity index (χ3v) is 3.77. The number of rotatable bonds is 4. The van der Waals surface area contributed by atoms with E-state index in [2.05, 4.69) is 20.7 Å². The Labute approximate surface area is 131 Å². The van der Waals surface area contributed by atoms with Gasteiger partial charge in [-0.05, 0) is 31.7 Å². The number of hydrazone groups is 1. The zero-order valence-corrected chi connectivity index (χ0v) is 12.3. The van der Waals surface area contributed by atoms with Crippen LogP contribution in [0.1, 0.15) is 40.2 Å². The lowest BCUT2D eigenvalue weighted by atomic mass is 9.96. The quantitative estimate of drug-likeness (QED) is 0.510. The first-order valence-electron chi connectivity index (χ1n) is 7.30. The number of aromatic amines is 1. The molecule has 0 spiro atoms. The highest BCUT2D eigenvalue weighted by atomic mass is 16.6. The average molecular weight is 313 g/mol. The second-order valence-electron chi connectivity index (χ2n) is 5.25. The van der Waals surface area contributed by atoms with Crippen LogP contribution in [-0.4, -0.2) is 27.2 Å². The number of aromatic nitrogens is 2. The predicted octanol–water partition coefficient (Wildman–Crippen LogP) is 1.96. The monoisotopic (exact) mass is 313 g/mol. The number of aryl methyl sites for hydroxylation is 1. The molecule has 0 saturated heterocycles. The van der Waals surface area contributed by atoms with E-state index < -0.39 is 10.8 Å². The molecule has 2 N–H and O–H groups in total. The van der Waals surface area contributed by atoms with Crippen LogP contribution in [0.25, 0.3) is 0 Å². The Bertz CT molecular complexity index is 781. The summed E-state index contributed by atoms with van der Waals surface area (Å²) in [6.07, 6.45) is 5.10. The molecule has 1 aromatic carbocycles. The lowest BCUT2D eigenvalue weighted by molar-refractivity contribution is -0.385. The molecule has 8 nitrogen and oxygen atoms in total. The molecule has 1 amide bonds. The molecular weight excluding hydrogens is 298 g/mol. The number of nitro benzene ring substituents is 1. The van der Waals surface area contributed by atoms with Crippen molar-refractivity contribution in [3.8, 4) is 0 Å². The van der Waals surface area contributed by atoms with Crippen LogP contribution < -0.4 is 5.43 Å². The first-order valence-corrected chi connectivity index (χ1v) is 7.30. The molecule has 1 heterocycles. The number of fused-ring (bicyclic) bond motifs is 1. The molecule has 0 radical (unpaired) electrons. The predicted molar refractivity (Wildman–Crippen MR) is 83.4 cm³/mol. The smallest absolute Gasteiger partial charge is 0.281 e. The fourth-order valence-corrected chi connectivity index (χ4v) is 2.65. The Hall–Kier alpha value is -3.03. The van der Waals surface area contributed by atoms with Gasteiger partial charge < -0.3 is 0 Å². The molecule has 0 unspecified atom stereocenters. The van der Waals surface area contributed by atoms with Gasteiger partial charge in [-0.2, -0.15) is 10.2 Å². The number of nitrogens with zero attached hydrogens (tertiary/aromatic N) is 3. The molecule has 0 atom stereocenters. The van der Waals surface area contributed by atoms with Crippen LogP contribution >= 0.6 is 0 Å². The Balaban J connectivity index is 1.72. The van der Waals surface area contributed by atoms with Crippen molar-refractivity contribution in [2.75, 3.05) is 0 Å². The molecule has 0 bridgehead atoms. The fourth-order valence-electron chi connectivity index (χ4n) is 2.65. The lowest BCUT2D eigenvalue weighted by Gasteiger charge is -2.10. The van der Waals surface area contributed by atoms with Gasteiger partial charge in [0.1, 0.15) is 0 Å². The molecule has 1 aliphatic carbocycles. The highest BCUT2D eigenvalue weighted by Crippen LogP contribution is 2.22. The minimum atomic E-state index is -0.493. The van der Waals surface area contributed by atoms with Gasteiger partial charge in [0, 0.05) is 17.3 Å². The summed E-state index contributed by atoms with van der Waals surface area (Å²) in [5, 5.41) is 21.7. The van der Waals surface area contributed by atoms with Crippen molar-refractivity contribution in [1.82, 2.24) is 15.6 Å². The topological polar surface area (TPSA) is 113 Å². The number of nitrogens with one attached hydrogen (secondary N) is 2. The minimum Gasteiger partial charge on any atom is -0.281 e. The molecule has 2 aromatic rings. The number of H-pyrrole nitrogens is 1. The molecule has 3 rings (SSSR count). The third kappa shape index (κ3) is 3.10. The Morgan fingerprint density at radius 2 is 2.13 bits per heavy atom. The summed E-state index contributed by atoms with van der Waals surface area (Å²) in [6, 6.07) is 6.18. The van der Waals surface area contributed by atoms with Gasteiger partial charge in [-0.15, -0.1) is 0 Å². The van der Waals surface area contributed by atoms with Crippen LogP contribution in [0.4, 0.5) is 5.69 Å². The average Bonchev–Trinajstić information content (AvgIpc) is 2.99. The van der Waals surface area contributed by atoms with Crippen molar-refractivity contribution in [2.45, 2.75) is 25.7 Å². The first-order chi connectivity index (χ1) is 11.2. The van der Waals surface area contributed by atoms with Gasteiger partial charge in [0.25, 0.3) is 11.6 Å². The van der Waals surface area contributed by atoms with Gasteiger partial charge in [-0.3, -0.25) is 20.0 Å². The summed E-state index contributed by atoms with van der Waals surface area (Å²) in [4.78, 5) is 22.6. The number of benzene rings is 1. The minimum absolute atomic E-state index is 0.0670. The van der Waals surface area contributed by atoms with Crippen molar-refractivity contribution in [1.29, 1.82) is 0 Å². The van der Waals surface area contributed by atoms with E-state index in [1.807, 2.05) is 0 Å². The van der Waals surface area contributed by atoms with E-state index in [9.17, 15) is 14.9 Å². The summed E-state index contributed by atoms with van der Waals surface area (Å²) in [5.74, 6) is -0.417. The lowest BCUT2D eigenvalue weighted by Crippen LogP contribution is -2.20. The maximum atomic E-state index is 12.1. The van der Waals surface area contributed by atoms with E-state index in [1.54, 1.807) is 18.2 Å². The van der Waals surface area contributed by atoms with Crippen LogP contribution in [0, 0.1) is 10.1 Å². The van der Waals surface area contributed by atoms with Crippen LogP contribution in [0.3, 0.4) is 0 Å². The van der Waals surface area contributed by atoms with E-state index >= 15 is 0 Å². The van der Waals surface area contributed by atoms with E-state index in [0.717, 1.165) is 36.9 Å². The molecule has 0 fully saturated rings. The molecular formula is C15H15N5O3. The second kappa shape index (κ2) is 6.39. The fraction of sp³-hybridized carbons (Fsp3) is 0.267. The van der Waals surface area contributed by atoms with E-state index in [-0.39, 0.29) is 5.69 Å². The van der Waals surface area contributed by atoms with Gasteiger partial charge in [-0.1, -0.05) is 12.1 Å². The molecule has 8 heteroatoms. The molecule has 0 saturated carbocycles. The van der Waals surface area contributed by atoms with E-state index in [4.69, 9.17) is 0 Å². The van der Waals surface area contributed by atoms with Gasteiger partial charge in [0.15, 0.2) is 5.69 Å². The summed E-state index contributed by atoms with van der Waals surface area (Å²) in [5.41, 5.74) is 4.92. The Morgan fingerprint density at radius 3 is 2.96 bits per heavy atom.